The second-order valence-electron chi connectivity index (χ2n) is 10.0. The molecule has 1 aromatic heterocycles. The molecule has 3 atom stereocenters. The molecule has 7 heteroatoms. The predicted molar refractivity (Wildman–Crippen MR) is 139 cm³/mol. The van der Waals surface area contributed by atoms with Gasteiger partial charge in [0, 0.05) is 29.4 Å². The summed E-state index contributed by atoms with van der Waals surface area (Å²) in [4.78, 5) is 42.2. The summed E-state index contributed by atoms with van der Waals surface area (Å²) in [5, 5.41) is 7.17. The molecule has 36 heavy (non-hydrogen) atoms. The van der Waals surface area contributed by atoms with Gasteiger partial charge in [-0.25, -0.2) is 0 Å². The fourth-order valence-corrected chi connectivity index (χ4v) is 5.14. The van der Waals surface area contributed by atoms with Gasteiger partial charge in [0.15, 0.2) is 0 Å². The maximum atomic E-state index is 13.6. The Kier molecular flexibility index (Phi) is 8.08. The van der Waals surface area contributed by atoms with Gasteiger partial charge in [0.05, 0.1) is 19.6 Å². The Morgan fingerprint density at radius 1 is 1.06 bits per heavy atom. The summed E-state index contributed by atoms with van der Waals surface area (Å²) in [6.45, 7) is 4.01. The van der Waals surface area contributed by atoms with Gasteiger partial charge in [-0.15, -0.1) is 0 Å². The van der Waals surface area contributed by atoms with E-state index in [4.69, 9.17) is 4.74 Å². The van der Waals surface area contributed by atoms with Gasteiger partial charge in [-0.2, -0.15) is 0 Å². The summed E-state index contributed by atoms with van der Waals surface area (Å²) in [6, 6.07) is 15.2. The van der Waals surface area contributed by atoms with Crippen LogP contribution in [-0.2, 0) is 32.0 Å². The maximum Gasteiger partial charge on any atom is 0.306 e. The average Bonchev–Trinajstić information content (AvgIpc) is 3.47. The summed E-state index contributed by atoms with van der Waals surface area (Å²) in [5.74, 6) is -1.32. The zero-order valence-electron chi connectivity index (χ0n) is 21.2. The van der Waals surface area contributed by atoms with Gasteiger partial charge >= 0.3 is 5.97 Å². The number of aryl methyl sites for hydroxylation is 1. The second-order valence-corrected chi connectivity index (χ2v) is 10.0. The fraction of sp³-hybridized carbons (Fsp3) is 0.414. The highest BCUT2D eigenvalue weighted by Crippen LogP contribution is 2.31. The molecular formula is C29H35N3O4. The van der Waals surface area contributed by atoms with Gasteiger partial charge < -0.3 is 20.4 Å². The van der Waals surface area contributed by atoms with Crippen molar-refractivity contribution in [1.29, 1.82) is 0 Å². The van der Waals surface area contributed by atoms with E-state index in [0.29, 0.717) is 12.8 Å². The van der Waals surface area contributed by atoms with Crippen LogP contribution in [0.15, 0.2) is 54.7 Å². The molecule has 0 aliphatic heterocycles. The van der Waals surface area contributed by atoms with E-state index >= 15 is 0 Å². The number of amides is 2. The van der Waals surface area contributed by atoms with Gasteiger partial charge in [0.1, 0.15) is 6.04 Å². The van der Waals surface area contributed by atoms with E-state index in [0.717, 1.165) is 34.9 Å². The summed E-state index contributed by atoms with van der Waals surface area (Å²) in [6.07, 6.45) is 4.48. The van der Waals surface area contributed by atoms with Gasteiger partial charge in [0.2, 0.25) is 11.8 Å². The number of para-hydroxylation sites is 1. The molecule has 0 spiro atoms. The molecule has 3 aromatic rings. The summed E-state index contributed by atoms with van der Waals surface area (Å²) >= 11 is 0. The molecule has 1 heterocycles. The first-order valence-electron chi connectivity index (χ1n) is 12.7. The van der Waals surface area contributed by atoms with Crippen molar-refractivity contribution in [3.05, 3.63) is 71.4 Å². The molecule has 0 fully saturated rings. The minimum Gasteiger partial charge on any atom is -0.469 e. The number of H-pyrrole nitrogens is 1. The number of ether oxygens (including phenoxy) is 1. The maximum absolute atomic E-state index is 13.6. The van der Waals surface area contributed by atoms with E-state index in [9.17, 15) is 14.4 Å². The lowest BCUT2D eigenvalue weighted by molar-refractivity contribution is -0.144. The van der Waals surface area contributed by atoms with Gasteiger partial charge in [-0.05, 0) is 47.9 Å². The number of methoxy groups -OCH3 is 1. The molecule has 3 N–H and O–H groups in total. The Bertz CT molecular complexity index is 1230. The number of rotatable bonds is 10. The number of benzene rings is 2. The number of hydrogen-bond donors (Lipinski definition) is 3. The highest BCUT2D eigenvalue weighted by atomic mass is 16.5. The van der Waals surface area contributed by atoms with Crippen LogP contribution in [0.2, 0.25) is 0 Å². The van der Waals surface area contributed by atoms with Crippen molar-refractivity contribution in [2.24, 2.45) is 11.8 Å². The van der Waals surface area contributed by atoms with Crippen LogP contribution < -0.4 is 10.6 Å². The minimum atomic E-state index is -0.781. The van der Waals surface area contributed by atoms with E-state index in [2.05, 4.69) is 27.8 Å². The number of aromatic amines is 1. The second kappa shape index (κ2) is 11.4. The van der Waals surface area contributed by atoms with Crippen molar-refractivity contribution in [2.45, 2.75) is 58.0 Å². The van der Waals surface area contributed by atoms with E-state index in [1.54, 1.807) is 0 Å². The first kappa shape index (κ1) is 25.5. The third-order valence-electron chi connectivity index (χ3n) is 6.95. The lowest BCUT2D eigenvalue weighted by atomic mass is 9.92. The van der Waals surface area contributed by atoms with Crippen molar-refractivity contribution in [1.82, 2.24) is 15.6 Å². The predicted octanol–water partition coefficient (Wildman–Crippen LogP) is 4.22. The smallest absolute Gasteiger partial charge is 0.306 e. The number of carbonyl (C=O) groups is 3. The zero-order chi connectivity index (χ0) is 25.7. The zero-order valence-corrected chi connectivity index (χ0v) is 21.2. The normalized spacial score (nSPS) is 16.4. The molecule has 0 unspecified atom stereocenters. The van der Waals surface area contributed by atoms with Crippen LogP contribution >= 0.6 is 0 Å². The van der Waals surface area contributed by atoms with Crippen molar-refractivity contribution < 1.29 is 19.1 Å². The van der Waals surface area contributed by atoms with Crippen molar-refractivity contribution in [2.75, 3.05) is 7.11 Å². The molecule has 4 rings (SSSR count). The van der Waals surface area contributed by atoms with Gasteiger partial charge in [-0.3, -0.25) is 14.4 Å². The molecule has 2 amide bonds. The lowest BCUT2D eigenvalue weighted by Crippen LogP contribution is -2.50. The molecule has 1 aliphatic carbocycles. The molecule has 0 bridgehead atoms. The van der Waals surface area contributed by atoms with Crippen molar-refractivity contribution in [3.63, 3.8) is 0 Å². The average molecular weight is 490 g/mol. The van der Waals surface area contributed by atoms with Crippen LogP contribution in [0.4, 0.5) is 0 Å². The number of fused-ring (bicyclic) bond motifs is 2. The number of esters is 1. The van der Waals surface area contributed by atoms with Crippen LogP contribution in [0.25, 0.3) is 10.9 Å². The molecule has 0 saturated carbocycles. The standard InChI is InChI=1S/C29H35N3O4/c1-18(2)14-20(16-27(33)36-3)28(34)32-26(15-21-17-30-24-11-7-6-10-23(21)24)29(35)31-25-13-12-19-8-4-5-9-22(19)25/h4-11,17-18,20,25-26,30H,12-16H2,1-3H3,(H,31,35)(H,32,34)/t20-,25-,26+/m1/s1. The summed E-state index contributed by atoms with van der Waals surface area (Å²) in [5.41, 5.74) is 4.30. The monoisotopic (exact) mass is 489 g/mol. The molecule has 7 nitrogen and oxygen atoms in total. The first-order chi connectivity index (χ1) is 17.4. The first-order valence-corrected chi connectivity index (χ1v) is 12.7. The topological polar surface area (TPSA) is 100 Å². The number of aromatic nitrogens is 1. The Balaban J connectivity index is 1.56. The van der Waals surface area contributed by atoms with Crippen LogP contribution in [0.1, 0.15) is 55.8 Å². The van der Waals surface area contributed by atoms with Gasteiger partial charge in [0.25, 0.3) is 0 Å². The number of carbonyl (C=O) groups excluding carboxylic acids is 3. The summed E-state index contributed by atoms with van der Waals surface area (Å²) in [7, 11) is 1.32. The van der Waals surface area contributed by atoms with E-state index in [1.807, 2.05) is 56.4 Å². The van der Waals surface area contributed by atoms with E-state index in [1.165, 1.54) is 12.7 Å². The molecule has 0 saturated heterocycles. The van der Waals surface area contributed by atoms with E-state index in [-0.39, 0.29) is 30.2 Å². The SMILES string of the molecule is COC(=O)C[C@@H](CC(C)C)C(=O)N[C@@H](Cc1c[nH]c2ccccc12)C(=O)N[C@@H]1CCc2ccccc21. The van der Waals surface area contributed by atoms with Gasteiger partial charge in [-0.1, -0.05) is 56.3 Å². The molecule has 2 aromatic carbocycles. The Morgan fingerprint density at radius 3 is 2.58 bits per heavy atom. The molecular weight excluding hydrogens is 454 g/mol. The minimum absolute atomic E-state index is 0.0159. The van der Waals surface area contributed by atoms with Crippen LogP contribution in [0.3, 0.4) is 0 Å². The van der Waals surface area contributed by atoms with Crippen LogP contribution in [0.5, 0.6) is 0 Å². The molecule has 0 radical (unpaired) electrons. The van der Waals surface area contributed by atoms with Crippen LogP contribution in [0, 0.1) is 11.8 Å². The third-order valence-corrected chi connectivity index (χ3v) is 6.95. The largest absolute Gasteiger partial charge is 0.469 e. The Morgan fingerprint density at radius 2 is 1.81 bits per heavy atom. The Hall–Kier alpha value is -3.61. The highest BCUT2D eigenvalue weighted by molar-refractivity contribution is 5.91. The van der Waals surface area contributed by atoms with E-state index < -0.39 is 17.9 Å². The number of hydrogen-bond acceptors (Lipinski definition) is 4. The fourth-order valence-electron chi connectivity index (χ4n) is 5.14. The van der Waals surface area contributed by atoms with Crippen LogP contribution in [-0.4, -0.2) is 35.9 Å². The highest BCUT2D eigenvalue weighted by Gasteiger charge is 2.31. The molecule has 190 valence electrons. The summed E-state index contributed by atoms with van der Waals surface area (Å²) < 4.78 is 4.82. The molecule has 1 aliphatic rings. The van der Waals surface area contributed by atoms with Crippen molar-refractivity contribution >= 4 is 28.7 Å². The van der Waals surface area contributed by atoms with Crippen molar-refractivity contribution in [3.8, 4) is 0 Å². The third kappa shape index (κ3) is 5.96. The Labute approximate surface area is 212 Å². The number of nitrogens with one attached hydrogen (secondary N) is 3. The quantitative estimate of drug-likeness (QED) is 0.371. The lowest BCUT2D eigenvalue weighted by Gasteiger charge is -2.24.